The van der Waals surface area contributed by atoms with Gasteiger partial charge >= 0.3 is 0 Å². The number of sulfonamides is 1. The molecule has 0 saturated carbocycles. The van der Waals surface area contributed by atoms with Crippen LogP contribution in [0.3, 0.4) is 0 Å². The standard InChI is InChI=1S/C19H15ClF2N2O4S/c20-16-5-11(6-17(21)18(16)22)23-19(26)15-7-13(4-10-2-1-3-14(10)15)29(27,28)24-8-12(25)9-24/h1,3-7,12,25H,2,8-9H2,(H,23,26). The highest BCUT2D eigenvalue weighted by Crippen LogP contribution is 2.31. The van der Waals surface area contributed by atoms with Crippen molar-refractivity contribution in [2.45, 2.75) is 17.4 Å². The number of aliphatic hydroxyl groups excluding tert-OH is 1. The van der Waals surface area contributed by atoms with E-state index in [1.807, 2.05) is 0 Å². The third-order valence-electron chi connectivity index (χ3n) is 4.81. The van der Waals surface area contributed by atoms with E-state index in [9.17, 15) is 27.1 Å². The maximum Gasteiger partial charge on any atom is 0.256 e. The van der Waals surface area contributed by atoms with E-state index in [-0.39, 0.29) is 29.2 Å². The summed E-state index contributed by atoms with van der Waals surface area (Å²) in [6.45, 7) is -0.0148. The first-order chi connectivity index (χ1) is 13.7. The highest BCUT2D eigenvalue weighted by molar-refractivity contribution is 7.89. The van der Waals surface area contributed by atoms with Gasteiger partial charge in [0, 0.05) is 30.4 Å². The maximum atomic E-state index is 13.6. The molecule has 6 nitrogen and oxygen atoms in total. The maximum absolute atomic E-state index is 13.6. The molecule has 0 spiro atoms. The smallest absolute Gasteiger partial charge is 0.256 e. The van der Waals surface area contributed by atoms with Gasteiger partial charge in [-0.15, -0.1) is 0 Å². The first-order valence-electron chi connectivity index (χ1n) is 8.64. The molecule has 0 unspecified atom stereocenters. The third kappa shape index (κ3) is 3.55. The molecule has 10 heteroatoms. The second-order valence-corrected chi connectivity index (χ2v) is 9.18. The van der Waals surface area contributed by atoms with Crippen LogP contribution >= 0.6 is 11.6 Å². The minimum absolute atomic E-state index is 0.00739. The number of aliphatic hydroxyl groups is 1. The fourth-order valence-corrected chi connectivity index (χ4v) is 5.08. The van der Waals surface area contributed by atoms with Crippen molar-refractivity contribution in [1.82, 2.24) is 4.31 Å². The van der Waals surface area contributed by atoms with Crippen molar-refractivity contribution in [3.05, 3.63) is 63.7 Å². The molecule has 0 atom stereocenters. The molecular weight excluding hydrogens is 426 g/mol. The number of halogens is 3. The normalized spacial score (nSPS) is 16.6. The summed E-state index contributed by atoms with van der Waals surface area (Å²) < 4.78 is 53.6. The minimum atomic E-state index is -3.87. The number of nitrogens with one attached hydrogen (secondary N) is 1. The predicted molar refractivity (Wildman–Crippen MR) is 103 cm³/mol. The van der Waals surface area contributed by atoms with E-state index in [0.717, 1.165) is 16.4 Å². The van der Waals surface area contributed by atoms with Gasteiger partial charge in [0.2, 0.25) is 10.0 Å². The van der Waals surface area contributed by atoms with Gasteiger partial charge in [0.15, 0.2) is 11.6 Å². The Morgan fingerprint density at radius 1 is 1.21 bits per heavy atom. The van der Waals surface area contributed by atoms with Gasteiger partial charge in [0.05, 0.1) is 16.0 Å². The summed E-state index contributed by atoms with van der Waals surface area (Å²) in [5, 5.41) is 11.3. The van der Waals surface area contributed by atoms with Crippen molar-refractivity contribution < 1.29 is 27.1 Å². The van der Waals surface area contributed by atoms with Crippen molar-refractivity contribution in [2.24, 2.45) is 0 Å². The number of nitrogens with zero attached hydrogens (tertiary/aromatic N) is 1. The summed E-state index contributed by atoms with van der Waals surface area (Å²) in [7, 11) is -3.87. The number of hydrogen-bond acceptors (Lipinski definition) is 4. The van der Waals surface area contributed by atoms with Crippen LogP contribution < -0.4 is 5.32 Å². The number of hydrogen-bond donors (Lipinski definition) is 2. The zero-order chi connectivity index (χ0) is 20.9. The first-order valence-corrected chi connectivity index (χ1v) is 10.5. The number of carbonyl (C=O) groups excluding carboxylic acids is 1. The summed E-state index contributed by atoms with van der Waals surface area (Å²) >= 11 is 5.61. The number of β-amino-alcohol motifs (C(OH)–C–C–N with tert-alkyl or cyclic N) is 1. The Kier molecular flexibility index (Phi) is 4.94. The quantitative estimate of drug-likeness (QED) is 0.716. The monoisotopic (exact) mass is 440 g/mol. The highest BCUT2D eigenvalue weighted by atomic mass is 35.5. The average molecular weight is 441 g/mol. The molecular formula is C19H15ClF2N2O4S. The van der Waals surface area contributed by atoms with Crippen LogP contribution in [0.25, 0.3) is 6.08 Å². The Balaban J connectivity index is 1.71. The number of amides is 1. The van der Waals surface area contributed by atoms with Gasteiger partial charge in [-0.3, -0.25) is 4.79 Å². The molecule has 0 radical (unpaired) electrons. The zero-order valence-electron chi connectivity index (χ0n) is 14.8. The third-order valence-corrected chi connectivity index (χ3v) is 6.90. The van der Waals surface area contributed by atoms with E-state index in [1.54, 1.807) is 12.2 Å². The number of benzene rings is 2. The molecule has 1 aliphatic carbocycles. The molecule has 2 aliphatic rings. The van der Waals surface area contributed by atoms with Gasteiger partial charge in [0.1, 0.15) is 0 Å². The first kappa shape index (κ1) is 20.0. The molecule has 1 aliphatic heterocycles. The van der Waals surface area contributed by atoms with Crippen LogP contribution in [-0.2, 0) is 16.4 Å². The SMILES string of the molecule is O=C(Nc1cc(F)c(F)c(Cl)c1)c1cc(S(=O)(=O)N2CC(O)C2)cc2c1C=CC2. The van der Waals surface area contributed by atoms with Crippen LogP contribution in [-0.4, -0.2) is 42.9 Å². The van der Waals surface area contributed by atoms with E-state index >= 15 is 0 Å². The summed E-state index contributed by atoms with van der Waals surface area (Å²) in [6, 6.07) is 4.60. The summed E-state index contributed by atoms with van der Waals surface area (Å²) in [5.74, 6) is -3.13. The topological polar surface area (TPSA) is 86.7 Å². The van der Waals surface area contributed by atoms with Gasteiger partial charge in [-0.1, -0.05) is 23.8 Å². The van der Waals surface area contributed by atoms with Crippen LogP contribution in [0.15, 0.2) is 35.2 Å². The van der Waals surface area contributed by atoms with Crippen LogP contribution in [0.1, 0.15) is 21.5 Å². The molecule has 2 aromatic carbocycles. The minimum Gasteiger partial charge on any atom is -0.390 e. The van der Waals surface area contributed by atoms with Gasteiger partial charge in [-0.05, 0) is 35.7 Å². The van der Waals surface area contributed by atoms with Gasteiger partial charge in [-0.25, -0.2) is 17.2 Å². The van der Waals surface area contributed by atoms with Crippen LogP contribution in [0.2, 0.25) is 5.02 Å². The lowest BCUT2D eigenvalue weighted by atomic mass is 10.0. The second-order valence-electron chi connectivity index (χ2n) is 6.83. The average Bonchev–Trinajstić information content (AvgIpc) is 3.11. The zero-order valence-corrected chi connectivity index (χ0v) is 16.4. The van der Waals surface area contributed by atoms with Crippen molar-refractivity contribution in [3.8, 4) is 0 Å². The number of rotatable bonds is 4. The van der Waals surface area contributed by atoms with Crippen molar-refractivity contribution >= 4 is 39.3 Å². The molecule has 1 fully saturated rings. The molecule has 0 aromatic heterocycles. The lowest BCUT2D eigenvalue weighted by Crippen LogP contribution is -2.53. The summed E-state index contributed by atoms with van der Waals surface area (Å²) in [4.78, 5) is 12.7. The number of fused-ring (bicyclic) bond motifs is 1. The van der Waals surface area contributed by atoms with Crippen molar-refractivity contribution in [3.63, 3.8) is 0 Å². The Labute approximate surface area is 170 Å². The fourth-order valence-electron chi connectivity index (χ4n) is 3.28. The fraction of sp³-hybridized carbons (Fsp3) is 0.211. The number of anilines is 1. The number of carbonyl (C=O) groups is 1. The molecule has 2 aromatic rings. The van der Waals surface area contributed by atoms with Gasteiger partial charge < -0.3 is 10.4 Å². The second kappa shape index (κ2) is 7.17. The van der Waals surface area contributed by atoms with Crippen LogP contribution in [0.4, 0.5) is 14.5 Å². The van der Waals surface area contributed by atoms with E-state index in [4.69, 9.17) is 11.6 Å². The van der Waals surface area contributed by atoms with Gasteiger partial charge in [-0.2, -0.15) is 4.31 Å². The molecule has 2 N–H and O–H groups in total. The Morgan fingerprint density at radius 2 is 1.93 bits per heavy atom. The summed E-state index contributed by atoms with van der Waals surface area (Å²) in [5.41, 5.74) is 1.23. The largest absolute Gasteiger partial charge is 0.390 e. The lowest BCUT2D eigenvalue weighted by Gasteiger charge is -2.34. The van der Waals surface area contributed by atoms with Crippen molar-refractivity contribution in [1.29, 1.82) is 0 Å². The van der Waals surface area contributed by atoms with E-state index in [1.165, 1.54) is 12.1 Å². The Bertz CT molecular complexity index is 1140. The van der Waals surface area contributed by atoms with Crippen LogP contribution in [0.5, 0.6) is 0 Å². The molecule has 1 heterocycles. The molecule has 1 saturated heterocycles. The number of allylic oxidation sites excluding steroid dienone is 1. The Morgan fingerprint density at radius 3 is 2.59 bits per heavy atom. The molecule has 29 heavy (non-hydrogen) atoms. The predicted octanol–water partition coefficient (Wildman–Crippen LogP) is 2.81. The highest BCUT2D eigenvalue weighted by Gasteiger charge is 2.36. The molecule has 1 amide bonds. The molecule has 4 rings (SSSR count). The lowest BCUT2D eigenvalue weighted by molar-refractivity contribution is 0.0547. The Hall–Kier alpha value is -2.33. The molecule has 152 valence electrons. The molecule has 0 bridgehead atoms. The van der Waals surface area contributed by atoms with Crippen molar-refractivity contribution in [2.75, 3.05) is 18.4 Å². The van der Waals surface area contributed by atoms with E-state index < -0.39 is 38.7 Å². The van der Waals surface area contributed by atoms with E-state index in [2.05, 4.69) is 5.32 Å². The van der Waals surface area contributed by atoms with Crippen LogP contribution in [0, 0.1) is 11.6 Å². The van der Waals surface area contributed by atoms with E-state index in [0.29, 0.717) is 17.5 Å². The van der Waals surface area contributed by atoms with Gasteiger partial charge in [0.25, 0.3) is 5.91 Å². The summed E-state index contributed by atoms with van der Waals surface area (Å²) in [6.07, 6.45) is 3.24.